The molecular formula is C20H32O3. The van der Waals surface area contributed by atoms with E-state index in [9.17, 15) is 15.0 Å². The minimum Gasteiger partial charge on any atom is -0.394 e. The van der Waals surface area contributed by atoms with E-state index in [0.717, 1.165) is 44.1 Å². The van der Waals surface area contributed by atoms with Crippen LogP contribution in [-0.2, 0) is 4.79 Å². The van der Waals surface area contributed by atoms with Gasteiger partial charge in [-0.05, 0) is 72.2 Å². The minimum absolute atomic E-state index is 0.0378. The Bertz CT molecular complexity index is 527. The van der Waals surface area contributed by atoms with Crippen LogP contribution in [0.3, 0.4) is 0 Å². The van der Waals surface area contributed by atoms with Crippen molar-refractivity contribution in [2.24, 2.45) is 28.1 Å². The van der Waals surface area contributed by atoms with E-state index in [1.54, 1.807) is 0 Å². The molecule has 3 fully saturated rings. The molecule has 0 aromatic heterocycles. The van der Waals surface area contributed by atoms with E-state index in [1.807, 2.05) is 0 Å². The fourth-order valence-electron chi connectivity index (χ4n) is 6.20. The number of allylic oxidation sites excluding steroid dienone is 1. The highest BCUT2D eigenvalue weighted by molar-refractivity contribution is 5.97. The highest BCUT2D eigenvalue weighted by Gasteiger charge is 2.59. The van der Waals surface area contributed by atoms with E-state index >= 15 is 0 Å². The molecule has 6 unspecified atom stereocenters. The van der Waals surface area contributed by atoms with Gasteiger partial charge in [0.2, 0.25) is 0 Å². The Balaban J connectivity index is 1.89. The van der Waals surface area contributed by atoms with Crippen LogP contribution in [0, 0.1) is 28.1 Å². The minimum atomic E-state index is -0.622. The van der Waals surface area contributed by atoms with E-state index in [0.29, 0.717) is 18.3 Å². The fraction of sp³-hybridized carbons (Fsp3) is 0.850. The molecule has 0 radical (unpaired) electrons. The number of fused-ring (bicyclic) bond motifs is 3. The maximum atomic E-state index is 12.2. The van der Waals surface area contributed by atoms with Gasteiger partial charge in [-0.1, -0.05) is 27.4 Å². The first-order chi connectivity index (χ1) is 10.7. The van der Waals surface area contributed by atoms with Gasteiger partial charge < -0.3 is 10.2 Å². The molecule has 0 aliphatic heterocycles. The number of Topliss-reactive ketones (excluding diaryl/α,β-unsaturated/α-hetero) is 1. The molecule has 3 aliphatic carbocycles. The molecule has 0 heterocycles. The number of aliphatic hydroxyl groups is 2. The average molecular weight is 320 g/mol. The molecule has 3 nitrogen and oxygen atoms in total. The number of aliphatic hydroxyl groups excluding tert-OH is 2. The second-order valence-electron chi connectivity index (χ2n) is 9.21. The largest absolute Gasteiger partial charge is 0.394 e. The standard InChI is InChI=1S/C20H32O3/c1-13-15(22)5-6-16-19(13,3)8-7-14-11-18(2,17(23)12-21)9-10-20(14,16)4/h14,16-17,21,23H,1,5-12H2,2-4H3. The Morgan fingerprint density at radius 2 is 1.91 bits per heavy atom. The van der Waals surface area contributed by atoms with Crippen LogP contribution < -0.4 is 0 Å². The average Bonchev–Trinajstić information content (AvgIpc) is 2.52. The fourth-order valence-corrected chi connectivity index (χ4v) is 6.20. The predicted octanol–water partition coefficient (Wildman–Crippen LogP) is 3.49. The predicted molar refractivity (Wildman–Crippen MR) is 90.9 cm³/mol. The number of hydrogen-bond donors (Lipinski definition) is 2. The lowest BCUT2D eigenvalue weighted by molar-refractivity contribution is -0.144. The van der Waals surface area contributed by atoms with Gasteiger partial charge >= 0.3 is 0 Å². The van der Waals surface area contributed by atoms with Crippen LogP contribution in [-0.4, -0.2) is 28.7 Å². The summed E-state index contributed by atoms with van der Waals surface area (Å²) < 4.78 is 0. The number of hydrogen-bond acceptors (Lipinski definition) is 3. The molecule has 0 spiro atoms. The van der Waals surface area contributed by atoms with Crippen LogP contribution in [0.1, 0.15) is 65.7 Å². The molecule has 130 valence electrons. The Labute approximate surface area is 140 Å². The molecule has 0 amide bonds. The van der Waals surface area contributed by atoms with E-state index < -0.39 is 6.10 Å². The topological polar surface area (TPSA) is 57.5 Å². The highest BCUT2D eigenvalue weighted by atomic mass is 16.3. The lowest BCUT2D eigenvalue weighted by atomic mass is 9.42. The monoisotopic (exact) mass is 320 g/mol. The third kappa shape index (κ3) is 2.34. The lowest BCUT2D eigenvalue weighted by Crippen LogP contribution is -2.56. The first kappa shape index (κ1) is 17.2. The molecule has 0 aromatic carbocycles. The van der Waals surface area contributed by atoms with Crippen molar-refractivity contribution in [2.75, 3.05) is 6.61 Å². The summed E-state index contributed by atoms with van der Waals surface area (Å²) in [5.74, 6) is 1.36. The van der Waals surface area contributed by atoms with Crippen molar-refractivity contribution in [3.63, 3.8) is 0 Å². The summed E-state index contributed by atoms with van der Waals surface area (Å²) in [5, 5.41) is 19.7. The zero-order valence-corrected chi connectivity index (χ0v) is 14.9. The van der Waals surface area contributed by atoms with Crippen molar-refractivity contribution in [1.29, 1.82) is 0 Å². The Morgan fingerprint density at radius 3 is 2.57 bits per heavy atom. The molecule has 0 aromatic rings. The summed E-state index contributed by atoms with van der Waals surface area (Å²) in [6.45, 7) is 10.8. The van der Waals surface area contributed by atoms with Crippen LogP contribution in [0.15, 0.2) is 12.2 Å². The van der Waals surface area contributed by atoms with Crippen LogP contribution >= 0.6 is 0 Å². The smallest absolute Gasteiger partial charge is 0.158 e. The van der Waals surface area contributed by atoms with Crippen molar-refractivity contribution < 1.29 is 15.0 Å². The molecule has 23 heavy (non-hydrogen) atoms. The van der Waals surface area contributed by atoms with E-state index in [4.69, 9.17) is 0 Å². The SMILES string of the molecule is C=C1C(=O)CCC2C1(C)CCC1CC(C)(C(O)CO)CCC12C. The zero-order valence-electron chi connectivity index (χ0n) is 14.9. The summed E-state index contributed by atoms with van der Waals surface area (Å²) in [6.07, 6.45) is 6.17. The summed E-state index contributed by atoms with van der Waals surface area (Å²) in [4.78, 5) is 12.2. The molecule has 0 bridgehead atoms. The van der Waals surface area contributed by atoms with Crippen LogP contribution in [0.4, 0.5) is 0 Å². The third-order valence-electron chi connectivity index (χ3n) is 8.12. The second-order valence-corrected chi connectivity index (χ2v) is 9.21. The Hall–Kier alpha value is -0.670. The first-order valence-corrected chi connectivity index (χ1v) is 9.19. The molecular weight excluding hydrogens is 288 g/mol. The van der Waals surface area contributed by atoms with Crippen LogP contribution in [0.2, 0.25) is 0 Å². The van der Waals surface area contributed by atoms with Crippen molar-refractivity contribution in [3.05, 3.63) is 12.2 Å². The second kappa shape index (κ2) is 5.42. The van der Waals surface area contributed by atoms with Crippen molar-refractivity contribution >= 4 is 5.78 Å². The van der Waals surface area contributed by atoms with E-state index in [2.05, 4.69) is 27.4 Å². The lowest BCUT2D eigenvalue weighted by Gasteiger charge is -2.62. The third-order valence-corrected chi connectivity index (χ3v) is 8.12. The quantitative estimate of drug-likeness (QED) is 0.766. The molecule has 2 N–H and O–H groups in total. The van der Waals surface area contributed by atoms with Crippen molar-refractivity contribution in [1.82, 2.24) is 0 Å². The van der Waals surface area contributed by atoms with Gasteiger partial charge in [-0.2, -0.15) is 0 Å². The molecule has 0 saturated heterocycles. The summed E-state index contributed by atoms with van der Waals surface area (Å²) in [6, 6.07) is 0. The van der Waals surface area contributed by atoms with Gasteiger partial charge in [-0.3, -0.25) is 4.79 Å². The molecule has 3 heteroatoms. The maximum Gasteiger partial charge on any atom is 0.158 e. The van der Waals surface area contributed by atoms with Crippen molar-refractivity contribution in [2.45, 2.75) is 71.8 Å². The Morgan fingerprint density at radius 1 is 1.22 bits per heavy atom. The summed E-state index contributed by atoms with van der Waals surface area (Å²) in [5.41, 5.74) is 0.876. The summed E-state index contributed by atoms with van der Waals surface area (Å²) >= 11 is 0. The van der Waals surface area contributed by atoms with Gasteiger partial charge in [0.1, 0.15) is 0 Å². The number of carbonyl (C=O) groups is 1. The van der Waals surface area contributed by atoms with Gasteiger partial charge in [0.15, 0.2) is 5.78 Å². The molecule has 6 atom stereocenters. The summed E-state index contributed by atoms with van der Waals surface area (Å²) in [7, 11) is 0. The number of rotatable bonds is 2. The van der Waals surface area contributed by atoms with Crippen LogP contribution in [0.25, 0.3) is 0 Å². The Kier molecular flexibility index (Phi) is 4.04. The molecule has 3 aliphatic rings. The van der Waals surface area contributed by atoms with E-state index in [1.165, 1.54) is 0 Å². The maximum absolute atomic E-state index is 12.2. The first-order valence-electron chi connectivity index (χ1n) is 9.19. The molecule has 3 saturated carbocycles. The normalized spacial score (nSPS) is 48.6. The van der Waals surface area contributed by atoms with Gasteiger partial charge in [-0.25, -0.2) is 0 Å². The van der Waals surface area contributed by atoms with Crippen LogP contribution in [0.5, 0.6) is 0 Å². The van der Waals surface area contributed by atoms with Gasteiger partial charge in [-0.15, -0.1) is 0 Å². The van der Waals surface area contributed by atoms with E-state index in [-0.39, 0.29) is 28.6 Å². The molecule has 3 rings (SSSR count). The van der Waals surface area contributed by atoms with Gasteiger partial charge in [0.05, 0.1) is 12.7 Å². The van der Waals surface area contributed by atoms with Gasteiger partial charge in [0.25, 0.3) is 0 Å². The zero-order chi connectivity index (χ0) is 17.0. The van der Waals surface area contributed by atoms with Gasteiger partial charge in [0, 0.05) is 6.42 Å². The van der Waals surface area contributed by atoms with Crippen molar-refractivity contribution in [3.8, 4) is 0 Å². The number of ketones is 1. The number of carbonyl (C=O) groups excluding carboxylic acids is 1. The highest BCUT2D eigenvalue weighted by Crippen LogP contribution is 2.66.